The molecule has 1 saturated heterocycles. The van der Waals surface area contributed by atoms with Gasteiger partial charge >= 0.3 is 6.18 Å². The van der Waals surface area contributed by atoms with Crippen molar-refractivity contribution in [3.05, 3.63) is 34.5 Å². The van der Waals surface area contributed by atoms with E-state index in [0.29, 0.717) is 18.7 Å². The van der Waals surface area contributed by atoms with Crippen molar-refractivity contribution in [1.82, 2.24) is 19.7 Å². The van der Waals surface area contributed by atoms with Crippen LogP contribution in [0.1, 0.15) is 22.2 Å². The van der Waals surface area contributed by atoms with E-state index in [-0.39, 0.29) is 18.3 Å². The van der Waals surface area contributed by atoms with Crippen molar-refractivity contribution in [2.45, 2.75) is 18.8 Å². The third-order valence-electron chi connectivity index (χ3n) is 3.35. The first kappa shape index (κ1) is 15.9. The minimum Gasteiger partial charge on any atom is -0.377 e. The molecule has 0 N–H and O–H groups in total. The van der Waals surface area contributed by atoms with E-state index >= 15 is 0 Å². The Hall–Kier alpha value is -1.94. The number of hydrogen-bond acceptors (Lipinski definition) is 5. The van der Waals surface area contributed by atoms with Gasteiger partial charge in [-0.05, 0) is 11.4 Å². The molecule has 0 bridgehead atoms. The number of carbonyl (C=O) groups excluding carboxylic acids is 1. The molecule has 1 atom stereocenters. The molecule has 0 aliphatic carbocycles. The molecule has 124 valence electrons. The summed E-state index contributed by atoms with van der Waals surface area (Å²) in [6.45, 7) is -0.346. The average molecular weight is 346 g/mol. The van der Waals surface area contributed by atoms with Crippen LogP contribution in [0.4, 0.5) is 13.2 Å². The molecule has 1 aliphatic heterocycles. The predicted molar refractivity (Wildman–Crippen MR) is 75.0 cm³/mol. The van der Waals surface area contributed by atoms with Gasteiger partial charge in [0.15, 0.2) is 5.82 Å². The number of amides is 1. The normalized spacial score (nSPS) is 19.1. The fourth-order valence-corrected chi connectivity index (χ4v) is 2.96. The van der Waals surface area contributed by atoms with Gasteiger partial charge in [-0.2, -0.15) is 29.6 Å². The van der Waals surface area contributed by atoms with Gasteiger partial charge < -0.3 is 9.64 Å². The van der Waals surface area contributed by atoms with Gasteiger partial charge in [0.25, 0.3) is 5.91 Å². The first-order valence-corrected chi connectivity index (χ1v) is 7.75. The fourth-order valence-electron chi connectivity index (χ4n) is 2.33. The van der Waals surface area contributed by atoms with Gasteiger partial charge in [0.1, 0.15) is 18.9 Å². The summed E-state index contributed by atoms with van der Waals surface area (Å²) < 4.78 is 43.3. The van der Waals surface area contributed by atoms with Crippen LogP contribution < -0.4 is 0 Å². The van der Waals surface area contributed by atoms with E-state index in [4.69, 9.17) is 4.74 Å². The SMILES string of the molecule is O=C(c1ccsc1)N1CCOC[C@@H]1c1ncn(CC(F)(F)F)n1. The summed E-state index contributed by atoms with van der Waals surface area (Å²) in [5.41, 5.74) is 0.539. The van der Waals surface area contributed by atoms with Gasteiger partial charge in [-0.15, -0.1) is 0 Å². The minimum atomic E-state index is -4.37. The number of alkyl halides is 3. The molecule has 0 radical (unpaired) electrons. The summed E-state index contributed by atoms with van der Waals surface area (Å²) in [5, 5.41) is 7.36. The maximum absolute atomic E-state index is 12.5. The Bertz CT molecular complexity index is 671. The quantitative estimate of drug-likeness (QED) is 0.854. The molecule has 6 nitrogen and oxygen atoms in total. The van der Waals surface area contributed by atoms with Crippen molar-refractivity contribution < 1.29 is 22.7 Å². The molecule has 0 unspecified atom stereocenters. The van der Waals surface area contributed by atoms with Gasteiger partial charge in [0, 0.05) is 11.9 Å². The molecule has 23 heavy (non-hydrogen) atoms. The fraction of sp³-hybridized carbons (Fsp3) is 0.462. The zero-order valence-corrected chi connectivity index (χ0v) is 12.7. The number of thiophene rings is 1. The summed E-state index contributed by atoms with van der Waals surface area (Å²) in [6.07, 6.45) is -3.36. The maximum Gasteiger partial charge on any atom is 0.408 e. The molecule has 1 amide bonds. The zero-order chi connectivity index (χ0) is 16.4. The molecule has 1 aliphatic rings. The minimum absolute atomic E-state index is 0.150. The molecule has 2 aromatic rings. The monoisotopic (exact) mass is 346 g/mol. The smallest absolute Gasteiger partial charge is 0.377 e. The zero-order valence-electron chi connectivity index (χ0n) is 11.9. The molecule has 3 heterocycles. The van der Waals surface area contributed by atoms with Crippen LogP contribution >= 0.6 is 11.3 Å². The van der Waals surface area contributed by atoms with Crippen LogP contribution in [0.3, 0.4) is 0 Å². The standard InChI is InChI=1S/C13H13F3N4O2S/c14-13(15,16)7-19-8-17-11(18-19)10-5-22-3-2-20(10)12(21)9-1-4-23-6-9/h1,4,6,8,10H,2-3,5,7H2/t10-/m1/s1. The van der Waals surface area contributed by atoms with E-state index in [0.717, 1.165) is 11.0 Å². The highest BCUT2D eigenvalue weighted by Crippen LogP contribution is 2.25. The van der Waals surface area contributed by atoms with Crippen molar-refractivity contribution in [3.8, 4) is 0 Å². The Labute approximate surface area is 133 Å². The average Bonchev–Trinajstić information content (AvgIpc) is 3.16. The first-order valence-electron chi connectivity index (χ1n) is 6.81. The molecule has 3 rings (SSSR count). The summed E-state index contributed by atoms with van der Waals surface area (Å²) >= 11 is 1.40. The van der Waals surface area contributed by atoms with Crippen LogP contribution in [0.5, 0.6) is 0 Å². The lowest BCUT2D eigenvalue weighted by Gasteiger charge is -2.33. The van der Waals surface area contributed by atoms with Crippen molar-refractivity contribution in [2.24, 2.45) is 0 Å². The predicted octanol–water partition coefficient (Wildman–Crippen LogP) is 2.12. The Morgan fingerprint density at radius 3 is 3.00 bits per heavy atom. The summed E-state index contributed by atoms with van der Waals surface area (Å²) in [5.74, 6) is -0.0516. The second-order valence-corrected chi connectivity index (χ2v) is 5.80. The van der Waals surface area contributed by atoms with Crippen LogP contribution in [0.15, 0.2) is 23.2 Å². The second kappa shape index (κ2) is 6.28. The topological polar surface area (TPSA) is 60.3 Å². The Morgan fingerprint density at radius 1 is 1.48 bits per heavy atom. The summed E-state index contributed by atoms with van der Waals surface area (Å²) in [4.78, 5) is 18.0. The number of ether oxygens (including phenoxy) is 1. The van der Waals surface area contributed by atoms with E-state index in [9.17, 15) is 18.0 Å². The second-order valence-electron chi connectivity index (χ2n) is 5.02. The van der Waals surface area contributed by atoms with E-state index in [1.54, 1.807) is 21.7 Å². The third kappa shape index (κ3) is 3.70. The molecular formula is C13H13F3N4O2S. The number of rotatable bonds is 3. The number of hydrogen-bond donors (Lipinski definition) is 0. The lowest BCUT2D eigenvalue weighted by Crippen LogP contribution is -2.43. The molecular weight excluding hydrogens is 333 g/mol. The molecule has 0 spiro atoms. The highest BCUT2D eigenvalue weighted by Gasteiger charge is 2.33. The van der Waals surface area contributed by atoms with Gasteiger partial charge in [-0.3, -0.25) is 4.79 Å². The number of carbonyl (C=O) groups is 1. The number of halogens is 3. The molecule has 10 heteroatoms. The van der Waals surface area contributed by atoms with Crippen molar-refractivity contribution >= 4 is 17.2 Å². The van der Waals surface area contributed by atoms with Crippen molar-refractivity contribution in [2.75, 3.05) is 19.8 Å². The Morgan fingerprint density at radius 2 is 2.30 bits per heavy atom. The lowest BCUT2D eigenvalue weighted by atomic mass is 10.2. The largest absolute Gasteiger partial charge is 0.408 e. The molecule has 0 aromatic carbocycles. The van der Waals surface area contributed by atoms with Crippen molar-refractivity contribution in [1.29, 1.82) is 0 Å². The Kier molecular flexibility index (Phi) is 4.35. The highest BCUT2D eigenvalue weighted by atomic mass is 32.1. The molecule has 0 saturated carbocycles. The van der Waals surface area contributed by atoms with Crippen LogP contribution in [-0.4, -0.2) is 51.5 Å². The number of nitrogens with zero attached hydrogens (tertiary/aromatic N) is 4. The van der Waals surface area contributed by atoms with E-state index in [1.807, 2.05) is 0 Å². The van der Waals surface area contributed by atoms with Crippen LogP contribution in [0.25, 0.3) is 0 Å². The van der Waals surface area contributed by atoms with E-state index in [2.05, 4.69) is 10.1 Å². The highest BCUT2D eigenvalue weighted by molar-refractivity contribution is 7.08. The van der Waals surface area contributed by atoms with Crippen LogP contribution in [0.2, 0.25) is 0 Å². The molecule has 1 fully saturated rings. The van der Waals surface area contributed by atoms with Gasteiger partial charge in [-0.25, -0.2) is 9.67 Å². The Balaban J connectivity index is 1.80. The first-order chi connectivity index (χ1) is 10.9. The van der Waals surface area contributed by atoms with Gasteiger partial charge in [-0.1, -0.05) is 0 Å². The summed E-state index contributed by atoms with van der Waals surface area (Å²) in [7, 11) is 0. The third-order valence-corrected chi connectivity index (χ3v) is 4.03. The van der Waals surface area contributed by atoms with Crippen LogP contribution in [0, 0.1) is 0 Å². The van der Waals surface area contributed by atoms with Gasteiger partial charge in [0.2, 0.25) is 0 Å². The number of aromatic nitrogens is 3. The van der Waals surface area contributed by atoms with E-state index < -0.39 is 18.8 Å². The lowest BCUT2D eigenvalue weighted by molar-refractivity contribution is -0.142. The molecule has 2 aromatic heterocycles. The summed E-state index contributed by atoms with van der Waals surface area (Å²) in [6, 6.07) is 1.11. The maximum atomic E-state index is 12.5. The van der Waals surface area contributed by atoms with Crippen molar-refractivity contribution in [3.63, 3.8) is 0 Å². The number of morpholine rings is 1. The van der Waals surface area contributed by atoms with Crippen LogP contribution in [-0.2, 0) is 11.3 Å². The van der Waals surface area contributed by atoms with Gasteiger partial charge in [0.05, 0.1) is 18.8 Å². The van der Waals surface area contributed by atoms with E-state index in [1.165, 1.54) is 11.3 Å².